The summed E-state index contributed by atoms with van der Waals surface area (Å²) in [6.07, 6.45) is -4.30. The Labute approximate surface area is 124 Å². The molecule has 20 heavy (non-hydrogen) atoms. The first-order chi connectivity index (χ1) is 9.23. The number of rotatable bonds is 0. The van der Waals surface area contributed by atoms with Crippen molar-refractivity contribution < 1.29 is 13.2 Å². The molecule has 0 saturated carbocycles. The van der Waals surface area contributed by atoms with Gasteiger partial charge in [-0.25, -0.2) is 0 Å². The average Bonchev–Trinajstić information content (AvgIpc) is 2.58. The van der Waals surface area contributed by atoms with Crippen LogP contribution in [-0.2, 0) is 6.18 Å². The lowest BCUT2D eigenvalue weighted by Gasteiger charge is -2.19. The van der Waals surface area contributed by atoms with E-state index in [1.165, 1.54) is 17.3 Å². The van der Waals surface area contributed by atoms with Crippen molar-refractivity contribution >= 4 is 34.4 Å². The molecule has 1 aliphatic rings. The fourth-order valence-corrected chi connectivity index (χ4v) is 6.77. The maximum Gasteiger partial charge on any atom is 0.416 e. The maximum atomic E-state index is 12.9. The third-order valence-electron chi connectivity index (χ3n) is 3.98. The van der Waals surface area contributed by atoms with Gasteiger partial charge in [0.15, 0.2) is 0 Å². The van der Waals surface area contributed by atoms with Gasteiger partial charge in [0.25, 0.3) is 0 Å². The van der Waals surface area contributed by atoms with Gasteiger partial charge >= 0.3 is 6.18 Å². The molecule has 3 rings (SSSR count). The molecule has 0 unspecified atom stereocenters. The quantitative estimate of drug-likeness (QED) is 0.618. The second kappa shape index (κ2) is 4.21. The summed E-state index contributed by atoms with van der Waals surface area (Å²) in [5.41, 5.74) is 1.09. The molecule has 0 atom stereocenters. The molecule has 0 spiro atoms. The third-order valence-corrected chi connectivity index (χ3v) is 8.18. The van der Waals surface area contributed by atoms with Crippen LogP contribution in [0.4, 0.5) is 13.2 Å². The molecular weight excluding hydrogens is 345 g/mol. The molecule has 0 nitrogen and oxygen atoms in total. The largest absolute Gasteiger partial charge is 0.416 e. The van der Waals surface area contributed by atoms with Crippen molar-refractivity contribution in [1.82, 2.24) is 0 Å². The van der Waals surface area contributed by atoms with Crippen molar-refractivity contribution in [1.29, 1.82) is 0 Å². The Bertz CT molecular complexity index is 705. The smallest absolute Gasteiger partial charge is 0.166 e. The van der Waals surface area contributed by atoms with Crippen molar-refractivity contribution in [3.05, 3.63) is 46.4 Å². The van der Waals surface area contributed by atoms with Crippen molar-refractivity contribution in [2.75, 3.05) is 0 Å². The van der Waals surface area contributed by atoms with Crippen LogP contribution in [0.15, 0.2) is 40.9 Å². The summed E-state index contributed by atoms with van der Waals surface area (Å²) in [7, 11) is -1.89. The molecule has 0 aromatic heterocycles. The van der Waals surface area contributed by atoms with Gasteiger partial charge in [-0.1, -0.05) is 53.3 Å². The van der Waals surface area contributed by atoms with Gasteiger partial charge in [0.05, 0.1) is 5.56 Å². The van der Waals surface area contributed by atoms with E-state index in [9.17, 15) is 13.2 Å². The minimum Gasteiger partial charge on any atom is -0.166 e. The first-order valence-corrected chi connectivity index (χ1v) is 10.0. The van der Waals surface area contributed by atoms with Crippen molar-refractivity contribution in [2.24, 2.45) is 0 Å². The predicted octanol–water partition coefficient (Wildman–Crippen LogP) is 4.27. The molecule has 0 fully saturated rings. The Morgan fingerprint density at radius 2 is 1.70 bits per heavy atom. The number of alkyl halides is 3. The summed E-state index contributed by atoms with van der Waals surface area (Å²) in [6.45, 7) is 4.36. The zero-order chi connectivity index (χ0) is 14.7. The van der Waals surface area contributed by atoms with E-state index < -0.39 is 19.8 Å². The fraction of sp³-hybridized carbons (Fsp3) is 0.200. The lowest BCUT2D eigenvalue weighted by molar-refractivity contribution is -0.137. The lowest BCUT2D eigenvalue weighted by Crippen LogP contribution is -2.49. The van der Waals surface area contributed by atoms with Gasteiger partial charge in [-0.2, -0.15) is 13.2 Å². The summed E-state index contributed by atoms with van der Waals surface area (Å²) in [5, 5.41) is 2.27. The standard InChI is InChI=1S/C15H12BrF3Si/c1-20(2)12-7-6-9(15(17,18)19)8-10(12)14-11(16)4-3-5-13(14)20/h3-8H,1-2H3. The molecule has 2 aromatic rings. The Morgan fingerprint density at radius 1 is 1.00 bits per heavy atom. The van der Waals surface area contributed by atoms with Crippen LogP contribution in [0.25, 0.3) is 11.1 Å². The molecule has 0 N–H and O–H groups in total. The fourth-order valence-electron chi connectivity index (χ4n) is 2.94. The number of benzene rings is 2. The lowest BCUT2D eigenvalue weighted by atomic mass is 10.0. The average molecular weight is 357 g/mol. The summed E-state index contributed by atoms with van der Waals surface area (Å²) >= 11 is 3.48. The van der Waals surface area contributed by atoms with Gasteiger partial charge in [0.1, 0.15) is 8.07 Å². The molecule has 0 aliphatic carbocycles. The zero-order valence-electron chi connectivity index (χ0n) is 11.0. The molecule has 0 bridgehead atoms. The molecular formula is C15H12BrF3Si. The van der Waals surface area contributed by atoms with Crippen LogP contribution >= 0.6 is 15.9 Å². The highest BCUT2D eigenvalue weighted by molar-refractivity contribution is 9.10. The highest BCUT2D eigenvalue weighted by Crippen LogP contribution is 2.37. The van der Waals surface area contributed by atoms with Crippen LogP contribution in [0.1, 0.15) is 5.56 Å². The normalized spacial score (nSPS) is 15.9. The van der Waals surface area contributed by atoms with Crippen LogP contribution in [0.2, 0.25) is 13.1 Å². The van der Waals surface area contributed by atoms with Crippen LogP contribution in [0.3, 0.4) is 0 Å². The Morgan fingerprint density at radius 3 is 2.35 bits per heavy atom. The first-order valence-electron chi connectivity index (χ1n) is 6.24. The summed E-state index contributed by atoms with van der Waals surface area (Å²) in [6, 6.07) is 10.0. The highest BCUT2D eigenvalue weighted by atomic mass is 79.9. The number of hydrogen-bond donors (Lipinski definition) is 0. The van der Waals surface area contributed by atoms with E-state index in [1.54, 1.807) is 6.07 Å². The number of hydrogen-bond acceptors (Lipinski definition) is 0. The van der Waals surface area contributed by atoms with Gasteiger partial charge in [-0.05, 0) is 33.6 Å². The topological polar surface area (TPSA) is 0 Å². The third kappa shape index (κ3) is 1.87. The SMILES string of the molecule is C[Si]1(C)c2ccc(C(F)(F)F)cc2-c2c(Br)cccc21. The van der Waals surface area contributed by atoms with Crippen LogP contribution < -0.4 is 10.4 Å². The Kier molecular flexibility index (Phi) is 2.92. The van der Waals surface area contributed by atoms with E-state index in [0.717, 1.165) is 20.8 Å². The molecule has 1 heterocycles. The maximum absolute atomic E-state index is 12.9. The van der Waals surface area contributed by atoms with Crippen LogP contribution in [0.5, 0.6) is 0 Å². The minimum absolute atomic E-state index is 0.579. The molecule has 0 saturated heterocycles. The van der Waals surface area contributed by atoms with Gasteiger partial charge in [-0.15, -0.1) is 0 Å². The van der Waals surface area contributed by atoms with Crippen molar-refractivity contribution in [3.8, 4) is 11.1 Å². The summed E-state index contributed by atoms with van der Waals surface area (Å²) < 4.78 is 39.6. The van der Waals surface area contributed by atoms with Crippen LogP contribution in [-0.4, -0.2) is 8.07 Å². The number of halogens is 4. The Balaban J connectivity index is 2.34. The zero-order valence-corrected chi connectivity index (χ0v) is 13.6. The molecule has 0 amide bonds. The van der Waals surface area contributed by atoms with Gasteiger partial charge in [0, 0.05) is 4.47 Å². The van der Waals surface area contributed by atoms with Gasteiger partial charge in [0.2, 0.25) is 0 Å². The van der Waals surface area contributed by atoms with Gasteiger partial charge in [-0.3, -0.25) is 0 Å². The molecule has 5 heteroatoms. The van der Waals surface area contributed by atoms with E-state index in [4.69, 9.17) is 0 Å². The second-order valence-electron chi connectivity index (χ2n) is 5.55. The summed E-state index contributed by atoms with van der Waals surface area (Å²) in [5.74, 6) is 0. The van der Waals surface area contributed by atoms with E-state index in [-0.39, 0.29) is 0 Å². The predicted molar refractivity (Wildman–Crippen MR) is 81.3 cm³/mol. The van der Waals surface area contributed by atoms with E-state index in [0.29, 0.717) is 0 Å². The van der Waals surface area contributed by atoms with Crippen molar-refractivity contribution in [2.45, 2.75) is 19.3 Å². The second-order valence-corrected chi connectivity index (χ2v) is 10.7. The minimum atomic E-state index is -4.30. The Hall–Kier alpha value is -1.07. The molecule has 2 aromatic carbocycles. The van der Waals surface area contributed by atoms with E-state index in [1.807, 2.05) is 18.2 Å². The summed E-state index contributed by atoms with van der Waals surface area (Å²) in [4.78, 5) is 0. The monoisotopic (exact) mass is 356 g/mol. The molecule has 1 aliphatic heterocycles. The first kappa shape index (κ1) is 13.9. The molecule has 104 valence electrons. The highest BCUT2D eigenvalue weighted by Gasteiger charge is 2.40. The van der Waals surface area contributed by atoms with E-state index in [2.05, 4.69) is 29.0 Å². The molecule has 0 radical (unpaired) electrons. The number of fused-ring (bicyclic) bond motifs is 3. The van der Waals surface area contributed by atoms with Gasteiger partial charge < -0.3 is 0 Å². The van der Waals surface area contributed by atoms with Crippen molar-refractivity contribution in [3.63, 3.8) is 0 Å². The van der Waals surface area contributed by atoms with E-state index >= 15 is 0 Å². The van der Waals surface area contributed by atoms with Crippen LogP contribution in [0, 0.1) is 0 Å².